The molecule has 0 aliphatic heterocycles. The molecular formula is C24H24N2O4S. The van der Waals surface area contributed by atoms with Crippen LogP contribution in [0.3, 0.4) is 0 Å². The lowest BCUT2D eigenvalue weighted by Crippen LogP contribution is -2.24. The van der Waals surface area contributed by atoms with Gasteiger partial charge in [-0.05, 0) is 42.3 Å². The van der Waals surface area contributed by atoms with Gasteiger partial charge in [0, 0.05) is 18.4 Å². The Bertz CT molecular complexity index is 1190. The molecule has 3 aromatic carbocycles. The molecule has 0 aliphatic carbocycles. The lowest BCUT2D eigenvalue weighted by molar-refractivity contribution is 0.0951. The van der Waals surface area contributed by atoms with Crippen molar-refractivity contribution in [2.24, 2.45) is 0 Å². The zero-order chi connectivity index (χ0) is 22.4. The van der Waals surface area contributed by atoms with Crippen LogP contribution in [0, 0.1) is 6.92 Å². The largest absolute Gasteiger partial charge is 0.348 e. The minimum atomic E-state index is -3.15. The summed E-state index contributed by atoms with van der Waals surface area (Å²) in [6, 6.07) is 21.0. The van der Waals surface area contributed by atoms with Gasteiger partial charge >= 0.3 is 0 Å². The van der Waals surface area contributed by atoms with Crippen molar-refractivity contribution >= 4 is 27.3 Å². The van der Waals surface area contributed by atoms with Gasteiger partial charge in [0.25, 0.3) is 11.8 Å². The van der Waals surface area contributed by atoms with Gasteiger partial charge in [0.05, 0.1) is 17.0 Å². The molecule has 0 unspecified atom stereocenters. The van der Waals surface area contributed by atoms with E-state index in [0.29, 0.717) is 28.9 Å². The molecule has 0 saturated carbocycles. The van der Waals surface area contributed by atoms with Crippen molar-refractivity contribution in [3.63, 3.8) is 0 Å². The van der Waals surface area contributed by atoms with Crippen molar-refractivity contribution in [1.82, 2.24) is 5.32 Å². The molecule has 0 bridgehead atoms. The van der Waals surface area contributed by atoms with Gasteiger partial charge in [-0.15, -0.1) is 0 Å². The molecule has 6 nitrogen and oxygen atoms in total. The molecule has 0 heterocycles. The summed E-state index contributed by atoms with van der Waals surface area (Å²) in [5.41, 5.74) is 3.86. The standard InChI is InChI=1S/C24H24N2O4S/c1-17-7-9-18(10-8-17)15-25-24(28)21-5-3-4-6-22(21)26-23(27)20-13-11-19(12-14-20)16-31(2,29)30/h3-14H,15-16H2,1-2H3,(H,25,28)(H,26,27). The Morgan fingerprint density at radius 2 is 1.42 bits per heavy atom. The van der Waals surface area contributed by atoms with Gasteiger partial charge in [-0.25, -0.2) is 8.42 Å². The SMILES string of the molecule is Cc1ccc(CNC(=O)c2ccccc2NC(=O)c2ccc(CS(C)(=O)=O)cc2)cc1. The van der Waals surface area contributed by atoms with Gasteiger partial charge in [0.2, 0.25) is 0 Å². The summed E-state index contributed by atoms with van der Waals surface area (Å²) >= 11 is 0. The van der Waals surface area contributed by atoms with E-state index in [1.807, 2.05) is 31.2 Å². The third-order valence-corrected chi connectivity index (χ3v) is 5.50. The average molecular weight is 437 g/mol. The highest BCUT2D eigenvalue weighted by atomic mass is 32.2. The molecule has 0 fully saturated rings. The Labute approximate surface area is 182 Å². The number of carbonyl (C=O) groups is 2. The van der Waals surface area contributed by atoms with Gasteiger partial charge in [-0.2, -0.15) is 0 Å². The molecular weight excluding hydrogens is 412 g/mol. The monoisotopic (exact) mass is 436 g/mol. The maximum atomic E-state index is 12.7. The number of hydrogen-bond acceptors (Lipinski definition) is 4. The smallest absolute Gasteiger partial charge is 0.255 e. The first-order valence-electron chi connectivity index (χ1n) is 9.72. The topological polar surface area (TPSA) is 92.3 Å². The van der Waals surface area contributed by atoms with E-state index in [9.17, 15) is 18.0 Å². The van der Waals surface area contributed by atoms with Gasteiger partial charge in [0.15, 0.2) is 9.84 Å². The summed E-state index contributed by atoms with van der Waals surface area (Å²) in [6.07, 6.45) is 1.16. The van der Waals surface area contributed by atoms with Crippen LogP contribution < -0.4 is 10.6 Å². The molecule has 7 heteroatoms. The highest BCUT2D eigenvalue weighted by Crippen LogP contribution is 2.17. The number of nitrogens with one attached hydrogen (secondary N) is 2. The van der Waals surface area contributed by atoms with E-state index in [0.717, 1.165) is 17.4 Å². The van der Waals surface area contributed by atoms with E-state index in [2.05, 4.69) is 10.6 Å². The molecule has 2 N–H and O–H groups in total. The van der Waals surface area contributed by atoms with E-state index in [1.54, 1.807) is 48.5 Å². The highest BCUT2D eigenvalue weighted by Gasteiger charge is 2.14. The molecule has 0 atom stereocenters. The van der Waals surface area contributed by atoms with E-state index in [4.69, 9.17) is 0 Å². The molecule has 0 radical (unpaired) electrons. The Kier molecular flexibility index (Phi) is 6.87. The third-order valence-electron chi connectivity index (χ3n) is 4.64. The minimum Gasteiger partial charge on any atom is -0.348 e. The molecule has 0 aromatic heterocycles. The normalized spacial score (nSPS) is 11.0. The van der Waals surface area contributed by atoms with Crippen LogP contribution in [0.4, 0.5) is 5.69 Å². The van der Waals surface area contributed by atoms with Gasteiger partial charge < -0.3 is 10.6 Å². The molecule has 0 spiro atoms. The summed E-state index contributed by atoms with van der Waals surface area (Å²) in [6.45, 7) is 2.38. The van der Waals surface area contributed by atoms with Gasteiger partial charge in [-0.3, -0.25) is 9.59 Å². The van der Waals surface area contributed by atoms with Crippen LogP contribution in [0.25, 0.3) is 0 Å². The average Bonchev–Trinajstić information content (AvgIpc) is 2.73. The van der Waals surface area contributed by atoms with Crippen molar-refractivity contribution in [3.05, 3.63) is 101 Å². The molecule has 0 saturated heterocycles. The molecule has 3 rings (SSSR count). The van der Waals surface area contributed by atoms with Crippen LogP contribution in [-0.2, 0) is 22.1 Å². The number of carbonyl (C=O) groups excluding carboxylic acids is 2. The maximum absolute atomic E-state index is 12.7. The van der Waals surface area contributed by atoms with Crippen LogP contribution in [0.15, 0.2) is 72.8 Å². The number of aryl methyl sites for hydroxylation is 1. The lowest BCUT2D eigenvalue weighted by Gasteiger charge is -2.12. The van der Waals surface area contributed by atoms with E-state index in [-0.39, 0.29) is 17.6 Å². The number of anilines is 1. The highest BCUT2D eigenvalue weighted by molar-refractivity contribution is 7.89. The second-order valence-corrected chi connectivity index (χ2v) is 9.58. The van der Waals surface area contributed by atoms with E-state index >= 15 is 0 Å². The van der Waals surface area contributed by atoms with Crippen molar-refractivity contribution in [2.75, 3.05) is 11.6 Å². The molecule has 2 amide bonds. The zero-order valence-electron chi connectivity index (χ0n) is 17.4. The summed E-state index contributed by atoms with van der Waals surface area (Å²) < 4.78 is 22.8. The first-order valence-corrected chi connectivity index (χ1v) is 11.8. The predicted octanol–water partition coefficient (Wildman–Crippen LogP) is 3.72. The van der Waals surface area contributed by atoms with Crippen molar-refractivity contribution in [1.29, 1.82) is 0 Å². The molecule has 3 aromatic rings. The first kappa shape index (κ1) is 22.2. The molecule has 160 valence electrons. The molecule has 31 heavy (non-hydrogen) atoms. The predicted molar refractivity (Wildman–Crippen MR) is 122 cm³/mol. The number of amides is 2. The second kappa shape index (κ2) is 9.57. The Morgan fingerprint density at radius 1 is 0.806 bits per heavy atom. The first-order chi connectivity index (χ1) is 14.7. The van der Waals surface area contributed by atoms with Crippen LogP contribution in [0.5, 0.6) is 0 Å². The third kappa shape index (κ3) is 6.52. The quantitative estimate of drug-likeness (QED) is 0.590. The Morgan fingerprint density at radius 3 is 2.06 bits per heavy atom. The fourth-order valence-electron chi connectivity index (χ4n) is 3.02. The van der Waals surface area contributed by atoms with Crippen molar-refractivity contribution < 1.29 is 18.0 Å². The number of benzene rings is 3. The van der Waals surface area contributed by atoms with Crippen molar-refractivity contribution in [2.45, 2.75) is 19.2 Å². The van der Waals surface area contributed by atoms with E-state index < -0.39 is 9.84 Å². The summed E-state index contributed by atoms with van der Waals surface area (Å²) in [4.78, 5) is 25.3. The summed E-state index contributed by atoms with van der Waals surface area (Å²) in [5, 5.41) is 5.63. The Hall–Kier alpha value is -3.45. The van der Waals surface area contributed by atoms with Gasteiger partial charge in [0.1, 0.15) is 0 Å². The lowest BCUT2D eigenvalue weighted by atomic mass is 10.1. The molecule has 0 aliphatic rings. The fourth-order valence-corrected chi connectivity index (χ4v) is 3.82. The van der Waals surface area contributed by atoms with Crippen molar-refractivity contribution in [3.8, 4) is 0 Å². The maximum Gasteiger partial charge on any atom is 0.255 e. The van der Waals surface area contributed by atoms with Crippen LogP contribution >= 0.6 is 0 Å². The number of para-hydroxylation sites is 1. The van der Waals surface area contributed by atoms with Crippen LogP contribution in [0.1, 0.15) is 37.4 Å². The fraction of sp³-hybridized carbons (Fsp3) is 0.167. The number of sulfone groups is 1. The summed E-state index contributed by atoms with van der Waals surface area (Å²) in [7, 11) is -3.15. The number of hydrogen-bond donors (Lipinski definition) is 2. The zero-order valence-corrected chi connectivity index (χ0v) is 18.2. The Balaban J connectivity index is 1.68. The second-order valence-electron chi connectivity index (χ2n) is 7.43. The summed E-state index contributed by atoms with van der Waals surface area (Å²) in [5.74, 6) is -0.761. The van der Waals surface area contributed by atoms with Crippen LogP contribution in [0.2, 0.25) is 0 Å². The van der Waals surface area contributed by atoms with Crippen LogP contribution in [-0.4, -0.2) is 26.5 Å². The van der Waals surface area contributed by atoms with Gasteiger partial charge in [-0.1, -0.05) is 54.1 Å². The van der Waals surface area contributed by atoms with E-state index in [1.165, 1.54) is 0 Å². The minimum absolute atomic E-state index is 0.0844. The number of rotatable bonds is 7.